The first-order valence-corrected chi connectivity index (χ1v) is 11.5. The van der Waals surface area contributed by atoms with Gasteiger partial charge in [-0.15, -0.1) is 0 Å². The SMILES string of the molecule is CCOC(=O)[C@@](NC(=O)CC)(Nc1ccc(S(=O)(=O)Nc2nc(C)cc(C)n2)cc1)C(F)(F)F. The minimum Gasteiger partial charge on any atom is -0.463 e. The summed E-state index contributed by atoms with van der Waals surface area (Å²) in [5.41, 5.74) is -2.83. The Morgan fingerprint density at radius 3 is 2.06 bits per heavy atom. The molecule has 2 rings (SSSR count). The molecule has 1 heterocycles. The number of halogens is 3. The van der Waals surface area contributed by atoms with Gasteiger partial charge in [0.25, 0.3) is 10.0 Å². The molecule has 0 bridgehead atoms. The van der Waals surface area contributed by atoms with Crippen molar-refractivity contribution in [3.63, 3.8) is 0 Å². The number of ether oxygens (including phenoxy) is 1. The fourth-order valence-electron chi connectivity index (χ4n) is 2.81. The van der Waals surface area contributed by atoms with Crippen LogP contribution in [0.15, 0.2) is 35.2 Å². The van der Waals surface area contributed by atoms with Crippen LogP contribution >= 0.6 is 0 Å². The third kappa shape index (κ3) is 6.12. The van der Waals surface area contributed by atoms with E-state index in [2.05, 4.69) is 19.4 Å². The van der Waals surface area contributed by atoms with Gasteiger partial charge in [0.05, 0.1) is 11.5 Å². The fraction of sp³-hybridized carbons (Fsp3) is 0.400. The molecule has 34 heavy (non-hydrogen) atoms. The summed E-state index contributed by atoms with van der Waals surface area (Å²) in [5, 5.41) is 3.60. The molecule has 1 amide bonds. The van der Waals surface area contributed by atoms with E-state index in [1.54, 1.807) is 25.2 Å². The molecular formula is C20H24F3N5O5S. The first-order chi connectivity index (χ1) is 15.7. The normalized spacial score (nSPS) is 13.5. The molecule has 1 atom stereocenters. The first-order valence-electron chi connectivity index (χ1n) is 10.0. The molecular weight excluding hydrogens is 479 g/mol. The Balaban J connectivity index is 2.39. The zero-order chi connectivity index (χ0) is 25.7. The Bertz CT molecular complexity index is 1140. The maximum absolute atomic E-state index is 14.0. The lowest BCUT2D eigenvalue weighted by Gasteiger charge is -2.35. The molecule has 3 N–H and O–H groups in total. The lowest BCUT2D eigenvalue weighted by Crippen LogP contribution is -2.69. The summed E-state index contributed by atoms with van der Waals surface area (Å²) in [6, 6.07) is 5.69. The lowest BCUT2D eigenvalue weighted by atomic mass is 10.1. The number of hydrogen-bond donors (Lipinski definition) is 3. The van der Waals surface area contributed by atoms with E-state index in [1.165, 1.54) is 13.8 Å². The van der Waals surface area contributed by atoms with Crippen LogP contribution in [-0.4, -0.2) is 48.7 Å². The number of amides is 1. The number of benzene rings is 1. The third-order valence-corrected chi connectivity index (χ3v) is 5.70. The van der Waals surface area contributed by atoms with Gasteiger partial charge in [0.2, 0.25) is 11.9 Å². The summed E-state index contributed by atoms with van der Waals surface area (Å²) in [6.07, 6.45) is -5.63. The Kier molecular flexibility index (Phi) is 8.08. The van der Waals surface area contributed by atoms with E-state index in [4.69, 9.17) is 0 Å². The predicted molar refractivity (Wildman–Crippen MR) is 116 cm³/mol. The van der Waals surface area contributed by atoms with E-state index in [0.29, 0.717) is 11.4 Å². The van der Waals surface area contributed by atoms with Gasteiger partial charge in [-0.1, -0.05) is 6.92 Å². The van der Waals surface area contributed by atoms with Gasteiger partial charge >= 0.3 is 17.8 Å². The van der Waals surface area contributed by atoms with E-state index < -0.39 is 33.7 Å². The number of anilines is 2. The summed E-state index contributed by atoms with van der Waals surface area (Å²) in [7, 11) is -4.17. The number of carbonyl (C=O) groups is 2. The van der Waals surface area contributed by atoms with E-state index in [1.807, 2.05) is 5.32 Å². The van der Waals surface area contributed by atoms with Crippen molar-refractivity contribution in [2.24, 2.45) is 0 Å². The topological polar surface area (TPSA) is 139 Å². The van der Waals surface area contributed by atoms with Crippen LogP contribution in [-0.2, 0) is 24.3 Å². The van der Waals surface area contributed by atoms with Crippen LogP contribution in [0.5, 0.6) is 0 Å². The average Bonchev–Trinajstić information content (AvgIpc) is 2.71. The summed E-state index contributed by atoms with van der Waals surface area (Å²) in [4.78, 5) is 31.8. The molecule has 0 aliphatic heterocycles. The van der Waals surface area contributed by atoms with E-state index >= 15 is 0 Å². The second-order valence-electron chi connectivity index (χ2n) is 7.10. The summed E-state index contributed by atoms with van der Waals surface area (Å²) >= 11 is 0. The predicted octanol–water partition coefficient (Wildman–Crippen LogP) is 2.65. The van der Waals surface area contributed by atoms with Gasteiger partial charge in [-0.3, -0.25) is 4.79 Å². The molecule has 10 nitrogen and oxygen atoms in total. The van der Waals surface area contributed by atoms with Crippen LogP contribution in [0.3, 0.4) is 0 Å². The minimum absolute atomic E-state index is 0.166. The number of alkyl halides is 3. The van der Waals surface area contributed by atoms with Gasteiger partial charge in [-0.25, -0.2) is 27.9 Å². The number of nitrogens with zero attached hydrogens (tertiary/aromatic N) is 2. The molecule has 0 fully saturated rings. The van der Waals surface area contributed by atoms with Crippen LogP contribution < -0.4 is 15.4 Å². The van der Waals surface area contributed by atoms with Crippen molar-refractivity contribution in [1.82, 2.24) is 15.3 Å². The van der Waals surface area contributed by atoms with Gasteiger partial charge < -0.3 is 15.4 Å². The smallest absolute Gasteiger partial charge is 0.441 e. The number of esters is 1. The Labute approximate surface area is 194 Å². The maximum atomic E-state index is 14.0. The van der Waals surface area contributed by atoms with Crippen molar-refractivity contribution in [3.8, 4) is 0 Å². The van der Waals surface area contributed by atoms with Gasteiger partial charge in [0, 0.05) is 23.5 Å². The number of aryl methyl sites for hydroxylation is 2. The summed E-state index contributed by atoms with van der Waals surface area (Å²) in [6.45, 7) is 5.56. The molecule has 186 valence electrons. The standard InChI is InChI=1S/C20H24F3N5O5S/c1-5-16(29)27-19(20(21,22)23,17(30)33-6-2)26-14-7-9-15(10-8-14)34(31,32)28-18-24-12(3)11-13(4)25-18/h7-11,26H,5-6H2,1-4H3,(H,27,29)(H,24,25,28)/t19-/m0/s1. The Morgan fingerprint density at radius 2 is 1.59 bits per heavy atom. The molecule has 0 radical (unpaired) electrons. The lowest BCUT2D eigenvalue weighted by molar-refractivity contribution is -0.207. The van der Waals surface area contributed by atoms with Crippen LogP contribution in [0.1, 0.15) is 31.7 Å². The maximum Gasteiger partial charge on any atom is 0.441 e. The van der Waals surface area contributed by atoms with Crippen molar-refractivity contribution in [2.75, 3.05) is 16.6 Å². The highest BCUT2D eigenvalue weighted by Crippen LogP contribution is 2.33. The van der Waals surface area contributed by atoms with Crippen molar-refractivity contribution < 1.29 is 35.9 Å². The minimum atomic E-state index is -5.29. The Hall–Kier alpha value is -3.42. The molecule has 1 aromatic heterocycles. The molecule has 0 aliphatic carbocycles. The van der Waals surface area contributed by atoms with Crippen LogP contribution in [0, 0.1) is 13.8 Å². The van der Waals surface area contributed by atoms with E-state index in [9.17, 15) is 31.2 Å². The van der Waals surface area contributed by atoms with Gasteiger partial charge in [-0.05, 0) is 51.1 Å². The van der Waals surface area contributed by atoms with Gasteiger partial charge in [0.1, 0.15) is 0 Å². The summed E-state index contributed by atoms with van der Waals surface area (Å²) < 4.78 is 74.1. The average molecular weight is 504 g/mol. The van der Waals surface area contributed by atoms with Crippen LogP contribution in [0.2, 0.25) is 0 Å². The molecule has 0 aliphatic rings. The molecule has 0 spiro atoms. The zero-order valence-electron chi connectivity index (χ0n) is 18.8. The van der Waals surface area contributed by atoms with Crippen molar-refractivity contribution >= 4 is 33.5 Å². The highest BCUT2D eigenvalue weighted by atomic mass is 32.2. The Morgan fingerprint density at radius 1 is 1.03 bits per heavy atom. The number of nitrogens with one attached hydrogen (secondary N) is 3. The van der Waals surface area contributed by atoms with Crippen LogP contribution in [0.4, 0.5) is 24.8 Å². The van der Waals surface area contributed by atoms with Gasteiger partial charge in [-0.2, -0.15) is 13.2 Å². The third-order valence-electron chi connectivity index (χ3n) is 4.36. The highest BCUT2D eigenvalue weighted by molar-refractivity contribution is 7.92. The largest absolute Gasteiger partial charge is 0.463 e. The first kappa shape index (κ1) is 26.8. The number of rotatable bonds is 9. The highest BCUT2D eigenvalue weighted by Gasteiger charge is 2.63. The molecule has 0 saturated carbocycles. The quantitative estimate of drug-likeness (QED) is 0.351. The number of aromatic nitrogens is 2. The van der Waals surface area contributed by atoms with Crippen molar-refractivity contribution in [3.05, 3.63) is 41.7 Å². The molecule has 0 saturated heterocycles. The second-order valence-corrected chi connectivity index (χ2v) is 8.78. The molecule has 2 aromatic rings. The van der Waals surface area contributed by atoms with Gasteiger partial charge in [0.15, 0.2) is 0 Å². The van der Waals surface area contributed by atoms with Crippen LogP contribution in [0.25, 0.3) is 0 Å². The monoisotopic (exact) mass is 503 g/mol. The molecule has 1 aromatic carbocycles. The number of hydrogen-bond acceptors (Lipinski definition) is 8. The van der Waals surface area contributed by atoms with E-state index in [-0.39, 0.29) is 29.6 Å². The molecule has 0 unspecified atom stereocenters. The zero-order valence-corrected chi connectivity index (χ0v) is 19.6. The summed E-state index contributed by atoms with van der Waals surface area (Å²) in [5.74, 6) is -3.00. The molecule has 14 heteroatoms. The van der Waals surface area contributed by atoms with Crippen molar-refractivity contribution in [2.45, 2.75) is 50.9 Å². The second kappa shape index (κ2) is 10.2. The number of sulfonamides is 1. The van der Waals surface area contributed by atoms with Crippen molar-refractivity contribution in [1.29, 1.82) is 0 Å². The fourth-order valence-corrected chi connectivity index (χ4v) is 3.76. The van der Waals surface area contributed by atoms with E-state index in [0.717, 1.165) is 24.3 Å². The number of carbonyl (C=O) groups excluding carboxylic acids is 2.